The molecule has 0 unspecified atom stereocenters. The third-order valence-electron chi connectivity index (χ3n) is 7.98. The smallest absolute Gasteiger partial charge is 0.265 e. The van der Waals surface area contributed by atoms with Gasteiger partial charge in [0.05, 0.1) is 49.1 Å². The van der Waals surface area contributed by atoms with Crippen LogP contribution < -0.4 is 28.6 Å². The minimum absolute atomic E-state index is 0.0261. The third kappa shape index (κ3) is 9.81. The Morgan fingerprint density at radius 2 is 1.40 bits per heavy atom. The molecule has 0 spiro atoms. The van der Waals surface area contributed by atoms with Gasteiger partial charge in [0.1, 0.15) is 24.1 Å². The number of amides is 2. The Hall–Kier alpha value is -4.65. The van der Waals surface area contributed by atoms with Crippen LogP contribution in [0.15, 0.2) is 89.8 Å². The lowest BCUT2D eigenvalue weighted by Gasteiger charge is -2.35. The van der Waals surface area contributed by atoms with Crippen molar-refractivity contribution in [3.05, 3.63) is 106 Å². The highest BCUT2D eigenvalue weighted by atomic mass is 35.5. The fourth-order valence-corrected chi connectivity index (χ4v) is 7.20. The average Bonchev–Trinajstić information content (AvgIpc) is 3.12. The number of rotatable bonds is 15. The van der Waals surface area contributed by atoms with Gasteiger partial charge in [0, 0.05) is 30.6 Å². The van der Waals surface area contributed by atoms with Crippen molar-refractivity contribution in [2.24, 2.45) is 0 Å². The quantitative estimate of drug-likeness (QED) is 0.140. The molecule has 0 aliphatic heterocycles. The first-order chi connectivity index (χ1) is 24.6. The van der Waals surface area contributed by atoms with E-state index in [1.54, 1.807) is 24.3 Å². The van der Waals surface area contributed by atoms with E-state index in [1.165, 1.54) is 63.7 Å². The van der Waals surface area contributed by atoms with Crippen LogP contribution in [0.1, 0.15) is 31.9 Å². The van der Waals surface area contributed by atoms with Crippen molar-refractivity contribution in [3.8, 4) is 23.0 Å². The van der Waals surface area contributed by atoms with Gasteiger partial charge in [-0.1, -0.05) is 59.6 Å². The summed E-state index contributed by atoms with van der Waals surface area (Å²) in [6.07, 6.45) is 0.126. The molecule has 0 fully saturated rings. The molecule has 11 nitrogen and oxygen atoms in total. The summed E-state index contributed by atoms with van der Waals surface area (Å²) >= 11 is 12.6. The molecule has 52 heavy (non-hydrogen) atoms. The maximum atomic E-state index is 14.9. The van der Waals surface area contributed by atoms with Crippen LogP contribution in [0.2, 0.25) is 10.0 Å². The predicted octanol–water partition coefficient (Wildman–Crippen LogP) is 6.78. The van der Waals surface area contributed by atoms with E-state index in [0.717, 1.165) is 9.87 Å². The van der Waals surface area contributed by atoms with Crippen molar-refractivity contribution >= 4 is 50.7 Å². The molecule has 1 atom stereocenters. The number of sulfonamides is 1. The molecule has 0 aliphatic carbocycles. The Kier molecular flexibility index (Phi) is 13.3. The number of methoxy groups -OCH3 is 4. The molecule has 0 aliphatic rings. The van der Waals surface area contributed by atoms with Crippen molar-refractivity contribution in [3.63, 3.8) is 0 Å². The van der Waals surface area contributed by atoms with Gasteiger partial charge in [0.25, 0.3) is 10.0 Å². The van der Waals surface area contributed by atoms with E-state index in [9.17, 15) is 18.0 Å². The second-order valence-electron chi connectivity index (χ2n) is 12.8. The molecule has 4 rings (SSSR count). The van der Waals surface area contributed by atoms with E-state index in [-0.39, 0.29) is 40.1 Å². The van der Waals surface area contributed by atoms with E-state index in [4.69, 9.17) is 42.1 Å². The summed E-state index contributed by atoms with van der Waals surface area (Å²) in [5.74, 6) is -0.183. The third-order valence-corrected chi connectivity index (χ3v) is 10.5. The van der Waals surface area contributed by atoms with Gasteiger partial charge in [-0.2, -0.15) is 0 Å². The van der Waals surface area contributed by atoms with Crippen molar-refractivity contribution in [1.29, 1.82) is 0 Å². The van der Waals surface area contributed by atoms with Gasteiger partial charge < -0.3 is 29.2 Å². The normalized spacial score (nSPS) is 12.0. The fourth-order valence-electron chi connectivity index (χ4n) is 5.45. The standard InChI is InChI=1S/C38H43Cl2N3O8S/c1-38(2,3)41-37(45)32(20-25-11-9-8-10-12-25)42(23-26-13-16-29(39)30(40)19-26)36(44)24-43(31-21-27(48-4)14-17-33(31)49-5)52(46,47)28-15-18-34(50-6)35(22-28)51-7/h8-19,21-22,32H,20,23-24H2,1-7H3,(H,41,45)/t32-/m0/s1. The van der Waals surface area contributed by atoms with Crippen molar-refractivity contribution in [2.75, 3.05) is 39.3 Å². The zero-order valence-electron chi connectivity index (χ0n) is 30.1. The first kappa shape index (κ1) is 40.1. The van der Waals surface area contributed by atoms with Crippen LogP contribution in [0.5, 0.6) is 23.0 Å². The molecule has 0 saturated heterocycles. The lowest BCUT2D eigenvalue weighted by atomic mass is 10.0. The fraction of sp³-hybridized carbons (Fsp3) is 0.316. The first-order valence-corrected chi connectivity index (χ1v) is 18.4. The molecule has 0 aromatic heterocycles. The summed E-state index contributed by atoms with van der Waals surface area (Å²) in [6, 6.07) is 21.8. The Morgan fingerprint density at radius 3 is 2.00 bits per heavy atom. The lowest BCUT2D eigenvalue weighted by Crippen LogP contribution is -2.56. The number of nitrogens with one attached hydrogen (secondary N) is 1. The number of carbonyl (C=O) groups excluding carboxylic acids is 2. The minimum Gasteiger partial charge on any atom is -0.497 e. The lowest BCUT2D eigenvalue weighted by molar-refractivity contribution is -0.140. The molecule has 4 aromatic carbocycles. The number of hydrogen-bond donors (Lipinski definition) is 1. The number of benzene rings is 4. The number of halogens is 2. The summed E-state index contributed by atoms with van der Waals surface area (Å²) < 4.78 is 52.1. The van der Waals surface area contributed by atoms with Crippen LogP contribution in [0, 0.1) is 0 Å². The number of nitrogens with zero attached hydrogens (tertiary/aromatic N) is 2. The summed E-state index contributed by atoms with van der Waals surface area (Å²) in [6.45, 7) is 4.66. The highest BCUT2D eigenvalue weighted by Crippen LogP contribution is 2.38. The highest BCUT2D eigenvalue weighted by Gasteiger charge is 2.37. The number of anilines is 1. The maximum Gasteiger partial charge on any atom is 0.265 e. The van der Waals surface area contributed by atoms with Gasteiger partial charge in [-0.15, -0.1) is 0 Å². The molecule has 0 radical (unpaired) electrons. The maximum absolute atomic E-state index is 14.9. The van der Waals surface area contributed by atoms with Crippen molar-refractivity contribution in [1.82, 2.24) is 10.2 Å². The number of carbonyl (C=O) groups is 2. The Balaban J connectivity index is 1.92. The van der Waals surface area contributed by atoms with Crippen LogP contribution in [0.4, 0.5) is 5.69 Å². The summed E-state index contributed by atoms with van der Waals surface area (Å²) in [5, 5.41) is 3.57. The van der Waals surface area contributed by atoms with Gasteiger partial charge in [-0.05, 0) is 68.3 Å². The van der Waals surface area contributed by atoms with E-state index in [2.05, 4.69) is 5.32 Å². The molecular formula is C38H43Cl2N3O8S. The number of hydrogen-bond acceptors (Lipinski definition) is 8. The molecule has 0 bridgehead atoms. The topological polar surface area (TPSA) is 124 Å². The van der Waals surface area contributed by atoms with Gasteiger partial charge in [-0.25, -0.2) is 8.42 Å². The van der Waals surface area contributed by atoms with Gasteiger partial charge >= 0.3 is 0 Å². The molecule has 0 heterocycles. The molecule has 278 valence electrons. The van der Waals surface area contributed by atoms with Crippen LogP contribution >= 0.6 is 23.2 Å². The minimum atomic E-state index is -4.54. The van der Waals surface area contributed by atoms with Crippen LogP contribution in [0.3, 0.4) is 0 Å². The molecule has 1 N–H and O–H groups in total. The highest BCUT2D eigenvalue weighted by molar-refractivity contribution is 7.92. The summed E-state index contributed by atoms with van der Waals surface area (Å²) in [5.41, 5.74) is 0.727. The van der Waals surface area contributed by atoms with Crippen molar-refractivity contribution in [2.45, 2.75) is 50.2 Å². The van der Waals surface area contributed by atoms with E-state index >= 15 is 0 Å². The van der Waals surface area contributed by atoms with Gasteiger partial charge in [-0.3, -0.25) is 13.9 Å². The molecule has 14 heteroatoms. The van der Waals surface area contributed by atoms with Crippen LogP contribution in [0.25, 0.3) is 0 Å². The second-order valence-corrected chi connectivity index (χ2v) is 15.5. The van der Waals surface area contributed by atoms with E-state index in [1.807, 2.05) is 51.1 Å². The van der Waals surface area contributed by atoms with Crippen LogP contribution in [-0.2, 0) is 32.6 Å². The SMILES string of the molecule is COc1ccc(OC)c(N(CC(=O)N(Cc2ccc(Cl)c(Cl)c2)[C@@H](Cc2ccccc2)C(=O)NC(C)(C)C)S(=O)(=O)c2ccc(OC)c(OC)c2)c1. The Bertz CT molecular complexity index is 1990. The second kappa shape index (κ2) is 17.2. The monoisotopic (exact) mass is 771 g/mol. The number of ether oxygens (including phenoxy) is 4. The zero-order chi connectivity index (χ0) is 38.2. The average molecular weight is 773 g/mol. The predicted molar refractivity (Wildman–Crippen MR) is 202 cm³/mol. The molecular weight excluding hydrogens is 729 g/mol. The largest absolute Gasteiger partial charge is 0.497 e. The summed E-state index contributed by atoms with van der Waals surface area (Å²) in [7, 11) is 1.10. The van der Waals surface area contributed by atoms with Crippen molar-refractivity contribution < 1.29 is 37.0 Å². The Labute approximate surface area is 315 Å². The van der Waals surface area contributed by atoms with E-state index < -0.39 is 40.0 Å². The van der Waals surface area contributed by atoms with Crippen LogP contribution in [-0.4, -0.2) is 71.7 Å². The molecule has 0 saturated carbocycles. The van der Waals surface area contributed by atoms with Gasteiger partial charge in [0.2, 0.25) is 11.8 Å². The molecule has 2 amide bonds. The van der Waals surface area contributed by atoms with Gasteiger partial charge in [0.15, 0.2) is 11.5 Å². The van der Waals surface area contributed by atoms with E-state index in [0.29, 0.717) is 22.1 Å². The zero-order valence-corrected chi connectivity index (χ0v) is 32.4. The summed E-state index contributed by atoms with van der Waals surface area (Å²) in [4.78, 5) is 30.2. The Morgan fingerprint density at radius 1 is 0.750 bits per heavy atom. The first-order valence-electron chi connectivity index (χ1n) is 16.2. The molecule has 4 aromatic rings.